The molecule has 1 aliphatic heterocycles. The highest BCUT2D eigenvalue weighted by Crippen LogP contribution is 2.30. The van der Waals surface area contributed by atoms with Gasteiger partial charge in [-0.15, -0.1) is 0 Å². The molecule has 0 spiro atoms. The fourth-order valence-corrected chi connectivity index (χ4v) is 3.02. The van der Waals surface area contributed by atoms with Crippen molar-refractivity contribution in [2.45, 2.75) is 38.3 Å². The third kappa shape index (κ3) is 3.85. The SMILES string of the molecule is CC(N)Cc1cccc(Cl)c1N(C)CC1CCCO1. The van der Waals surface area contributed by atoms with Crippen molar-refractivity contribution in [3.05, 3.63) is 28.8 Å². The molecule has 1 aliphatic rings. The molecule has 1 aromatic rings. The van der Waals surface area contributed by atoms with E-state index in [4.69, 9.17) is 22.1 Å². The molecule has 2 atom stereocenters. The summed E-state index contributed by atoms with van der Waals surface area (Å²) in [5.74, 6) is 0. The Morgan fingerprint density at radius 2 is 2.32 bits per heavy atom. The summed E-state index contributed by atoms with van der Waals surface area (Å²) in [6.45, 7) is 3.79. The second-order valence-electron chi connectivity index (χ2n) is 5.44. The van der Waals surface area contributed by atoms with Gasteiger partial charge < -0.3 is 15.4 Å². The molecule has 0 bridgehead atoms. The largest absolute Gasteiger partial charge is 0.376 e. The van der Waals surface area contributed by atoms with E-state index in [1.54, 1.807) is 0 Å². The highest BCUT2D eigenvalue weighted by atomic mass is 35.5. The number of likely N-dealkylation sites (N-methyl/N-ethyl adjacent to an activating group) is 1. The van der Waals surface area contributed by atoms with Crippen molar-refractivity contribution >= 4 is 17.3 Å². The van der Waals surface area contributed by atoms with E-state index < -0.39 is 0 Å². The van der Waals surface area contributed by atoms with E-state index in [1.807, 2.05) is 19.1 Å². The van der Waals surface area contributed by atoms with Gasteiger partial charge in [0, 0.05) is 26.2 Å². The molecule has 0 radical (unpaired) electrons. The maximum atomic E-state index is 6.37. The average molecular weight is 283 g/mol. The van der Waals surface area contributed by atoms with E-state index in [-0.39, 0.29) is 6.04 Å². The minimum Gasteiger partial charge on any atom is -0.376 e. The molecule has 4 heteroatoms. The van der Waals surface area contributed by atoms with Crippen LogP contribution in [0.2, 0.25) is 5.02 Å². The Balaban J connectivity index is 2.16. The van der Waals surface area contributed by atoms with E-state index in [2.05, 4.69) is 18.0 Å². The van der Waals surface area contributed by atoms with E-state index >= 15 is 0 Å². The maximum absolute atomic E-state index is 6.37. The Morgan fingerprint density at radius 3 is 2.95 bits per heavy atom. The zero-order chi connectivity index (χ0) is 13.8. The molecule has 0 aliphatic carbocycles. The standard InChI is InChI=1S/C15H23ClN2O/c1-11(17)9-12-5-3-7-14(16)15(12)18(2)10-13-6-4-8-19-13/h3,5,7,11,13H,4,6,8-10,17H2,1-2H3. The van der Waals surface area contributed by atoms with Gasteiger partial charge in [-0.1, -0.05) is 23.7 Å². The molecule has 19 heavy (non-hydrogen) atoms. The molecule has 106 valence electrons. The van der Waals surface area contributed by atoms with Crippen molar-refractivity contribution in [3.8, 4) is 0 Å². The van der Waals surface area contributed by atoms with Crippen LogP contribution in [0.3, 0.4) is 0 Å². The fourth-order valence-electron chi connectivity index (χ4n) is 2.68. The number of rotatable bonds is 5. The molecule has 2 N–H and O–H groups in total. The molecular weight excluding hydrogens is 260 g/mol. The number of benzene rings is 1. The first kappa shape index (κ1) is 14.6. The van der Waals surface area contributed by atoms with E-state index in [0.29, 0.717) is 6.10 Å². The minimum absolute atomic E-state index is 0.133. The van der Waals surface area contributed by atoms with Crippen molar-refractivity contribution in [1.29, 1.82) is 0 Å². The number of hydrogen-bond acceptors (Lipinski definition) is 3. The monoisotopic (exact) mass is 282 g/mol. The van der Waals surface area contributed by atoms with Gasteiger partial charge in [-0.3, -0.25) is 0 Å². The normalized spacial score (nSPS) is 20.5. The van der Waals surface area contributed by atoms with Crippen molar-refractivity contribution in [2.75, 3.05) is 25.1 Å². The van der Waals surface area contributed by atoms with E-state index in [1.165, 1.54) is 5.56 Å². The van der Waals surface area contributed by atoms with Crippen LogP contribution in [0.4, 0.5) is 5.69 Å². The first-order valence-corrected chi connectivity index (χ1v) is 7.31. The molecule has 0 aromatic heterocycles. The third-order valence-corrected chi connectivity index (χ3v) is 3.80. The lowest BCUT2D eigenvalue weighted by Crippen LogP contribution is -2.30. The van der Waals surface area contributed by atoms with Gasteiger partial charge >= 0.3 is 0 Å². The molecule has 1 heterocycles. The maximum Gasteiger partial charge on any atom is 0.0750 e. The number of ether oxygens (including phenoxy) is 1. The van der Waals surface area contributed by atoms with Gasteiger partial charge in [0.15, 0.2) is 0 Å². The Labute approximate surface area is 120 Å². The second kappa shape index (κ2) is 6.60. The number of nitrogens with two attached hydrogens (primary N) is 1. The van der Waals surface area contributed by atoms with Gasteiger partial charge in [0.1, 0.15) is 0 Å². The Morgan fingerprint density at radius 1 is 1.53 bits per heavy atom. The van der Waals surface area contributed by atoms with Gasteiger partial charge in [0.05, 0.1) is 16.8 Å². The molecule has 1 aromatic carbocycles. The predicted octanol–water partition coefficient (Wildman–Crippen LogP) is 2.84. The Kier molecular flexibility index (Phi) is 5.08. The fraction of sp³-hybridized carbons (Fsp3) is 0.600. The summed E-state index contributed by atoms with van der Waals surface area (Å²) in [4.78, 5) is 2.20. The lowest BCUT2D eigenvalue weighted by atomic mass is 10.0. The van der Waals surface area contributed by atoms with Gasteiger partial charge in [0.2, 0.25) is 0 Å². The van der Waals surface area contributed by atoms with Crippen LogP contribution in [0, 0.1) is 0 Å². The van der Waals surface area contributed by atoms with Gasteiger partial charge in [-0.2, -0.15) is 0 Å². The highest BCUT2D eigenvalue weighted by Gasteiger charge is 2.20. The number of anilines is 1. The van der Waals surface area contributed by atoms with Crippen LogP contribution in [0.1, 0.15) is 25.3 Å². The minimum atomic E-state index is 0.133. The molecule has 1 saturated heterocycles. The van der Waals surface area contributed by atoms with Crippen LogP contribution in [-0.2, 0) is 11.2 Å². The summed E-state index contributed by atoms with van der Waals surface area (Å²) in [6, 6.07) is 6.17. The first-order chi connectivity index (χ1) is 9.08. The number of halogens is 1. The van der Waals surface area contributed by atoms with Crippen molar-refractivity contribution < 1.29 is 4.74 Å². The van der Waals surface area contributed by atoms with Crippen LogP contribution in [0.15, 0.2) is 18.2 Å². The van der Waals surface area contributed by atoms with Crippen LogP contribution in [0.5, 0.6) is 0 Å². The van der Waals surface area contributed by atoms with Crippen molar-refractivity contribution in [2.24, 2.45) is 5.73 Å². The van der Waals surface area contributed by atoms with Gasteiger partial charge in [-0.25, -0.2) is 0 Å². The number of para-hydroxylation sites is 1. The first-order valence-electron chi connectivity index (χ1n) is 6.93. The summed E-state index contributed by atoms with van der Waals surface area (Å²) >= 11 is 6.37. The molecule has 2 unspecified atom stereocenters. The molecule has 1 fully saturated rings. The summed E-state index contributed by atoms with van der Waals surface area (Å²) in [6.07, 6.45) is 3.46. The molecule has 2 rings (SSSR count). The highest BCUT2D eigenvalue weighted by molar-refractivity contribution is 6.33. The lowest BCUT2D eigenvalue weighted by molar-refractivity contribution is 0.116. The summed E-state index contributed by atoms with van der Waals surface area (Å²) in [7, 11) is 2.08. The van der Waals surface area contributed by atoms with E-state index in [0.717, 1.165) is 43.1 Å². The second-order valence-corrected chi connectivity index (χ2v) is 5.85. The van der Waals surface area contributed by atoms with Gasteiger partial charge in [0.25, 0.3) is 0 Å². The molecule has 0 saturated carbocycles. The Bertz CT molecular complexity index is 417. The quantitative estimate of drug-likeness (QED) is 0.902. The smallest absolute Gasteiger partial charge is 0.0750 e. The zero-order valence-electron chi connectivity index (χ0n) is 11.7. The van der Waals surface area contributed by atoms with E-state index in [9.17, 15) is 0 Å². The van der Waals surface area contributed by atoms with Crippen LogP contribution in [-0.4, -0.2) is 32.3 Å². The summed E-state index contributed by atoms with van der Waals surface area (Å²) < 4.78 is 5.70. The Hall–Kier alpha value is -0.770. The molecule has 3 nitrogen and oxygen atoms in total. The van der Waals surface area contributed by atoms with Crippen LogP contribution < -0.4 is 10.6 Å². The number of hydrogen-bond donors (Lipinski definition) is 1. The topological polar surface area (TPSA) is 38.5 Å². The molecule has 0 amide bonds. The predicted molar refractivity (Wildman–Crippen MR) is 81.0 cm³/mol. The van der Waals surface area contributed by atoms with Crippen LogP contribution >= 0.6 is 11.6 Å². The van der Waals surface area contributed by atoms with Crippen molar-refractivity contribution in [3.63, 3.8) is 0 Å². The summed E-state index contributed by atoms with van der Waals surface area (Å²) in [5, 5.41) is 0.790. The zero-order valence-corrected chi connectivity index (χ0v) is 12.5. The lowest BCUT2D eigenvalue weighted by Gasteiger charge is -2.26. The number of nitrogens with zero attached hydrogens (tertiary/aromatic N) is 1. The average Bonchev–Trinajstić information content (AvgIpc) is 2.80. The van der Waals surface area contributed by atoms with Crippen molar-refractivity contribution in [1.82, 2.24) is 0 Å². The molecular formula is C15H23ClN2O. The van der Waals surface area contributed by atoms with Gasteiger partial charge in [-0.05, 0) is 37.8 Å². The summed E-state index contributed by atoms with van der Waals surface area (Å²) in [5.41, 5.74) is 8.23. The van der Waals surface area contributed by atoms with Crippen LogP contribution in [0.25, 0.3) is 0 Å². The third-order valence-electron chi connectivity index (χ3n) is 3.50.